The maximum atomic E-state index is 11.7. The minimum atomic E-state index is -0.898. The van der Waals surface area contributed by atoms with E-state index in [0.717, 1.165) is 50.2 Å². The third-order valence-corrected chi connectivity index (χ3v) is 8.03. The second-order valence-corrected chi connectivity index (χ2v) is 10.2. The number of piperidine rings is 1. The predicted octanol–water partition coefficient (Wildman–Crippen LogP) is 6.04. The first-order valence-corrected chi connectivity index (χ1v) is 13.3. The van der Waals surface area contributed by atoms with Crippen molar-refractivity contribution in [1.29, 1.82) is 0 Å². The third kappa shape index (κ3) is 4.99. The SMILES string of the molecule is COc1ccc(C(=O)O)c(CN2CCC(c3cn(CCc4ccsc4)c4cccc(OC)c34)CC2)c1. The fraction of sp³-hybridized carbons (Fsp3) is 0.345. The molecule has 0 atom stereocenters. The first-order valence-electron chi connectivity index (χ1n) is 12.4. The molecule has 2 aromatic carbocycles. The van der Waals surface area contributed by atoms with E-state index in [4.69, 9.17) is 9.47 Å². The van der Waals surface area contributed by atoms with Crippen molar-refractivity contribution in [2.24, 2.45) is 0 Å². The van der Waals surface area contributed by atoms with Crippen LogP contribution in [0, 0.1) is 0 Å². The van der Waals surface area contributed by atoms with Crippen LogP contribution in [0.1, 0.15) is 45.8 Å². The van der Waals surface area contributed by atoms with E-state index in [1.54, 1.807) is 37.7 Å². The zero-order chi connectivity index (χ0) is 25.1. The van der Waals surface area contributed by atoms with Crippen molar-refractivity contribution in [3.63, 3.8) is 0 Å². The van der Waals surface area contributed by atoms with Crippen molar-refractivity contribution < 1.29 is 19.4 Å². The molecule has 1 saturated heterocycles. The van der Waals surface area contributed by atoms with E-state index in [9.17, 15) is 9.90 Å². The first-order chi connectivity index (χ1) is 17.6. The number of thiophene rings is 1. The van der Waals surface area contributed by atoms with Crippen molar-refractivity contribution in [1.82, 2.24) is 9.47 Å². The molecule has 0 radical (unpaired) electrons. The Bertz CT molecular complexity index is 1340. The number of hydrogen-bond donors (Lipinski definition) is 1. The zero-order valence-corrected chi connectivity index (χ0v) is 21.6. The summed E-state index contributed by atoms with van der Waals surface area (Å²) in [5.41, 5.74) is 5.10. The molecule has 0 amide bonds. The van der Waals surface area contributed by atoms with Crippen molar-refractivity contribution in [2.75, 3.05) is 27.3 Å². The maximum absolute atomic E-state index is 11.7. The molecule has 1 aliphatic rings. The minimum absolute atomic E-state index is 0.344. The summed E-state index contributed by atoms with van der Waals surface area (Å²) in [5.74, 6) is 1.16. The van der Waals surface area contributed by atoms with Gasteiger partial charge >= 0.3 is 5.97 Å². The Labute approximate surface area is 215 Å². The van der Waals surface area contributed by atoms with E-state index >= 15 is 0 Å². The third-order valence-electron chi connectivity index (χ3n) is 7.30. The van der Waals surface area contributed by atoms with Gasteiger partial charge in [0.25, 0.3) is 0 Å². The summed E-state index contributed by atoms with van der Waals surface area (Å²) < 4.78 is 13.5. The fourth-order valence-corrected chi connectivity index (χ4v) is 6.08. The van der Waals surface area contributed by atoms with Gasteiger partial charge in [-0.05, 0) is 102 Å². The van der Waals surface area contributed by atoms with Gasteiger partial charge in [0.2, 0.25) is 0 Å². The summed E-state index contributed by atoms with van der Waals surface area (Å²) in [7, 11) is 3.36. The van der Waals surface area contributed by atoms with Crippen molar-refractivity contribution in [2.45, 2.75) is 38.3 Å². The van der Waals surface area contributed by atoms with Gasteiger partial charge in [-0.25, -0.2) is 4.79 Å². The van der Waals surface area contributed by atoms with Crippen molar-refractivity contribution in [3.8, 4) is 11.5 Å². The Kier molecular flexibility index (Phi) is 7.30. The predicted molar refractivity (Wildman–Crippen MR) is 144 cm³/mol. The standard InChI is InChI=1S/C29H32N2O4S/c1-34-23-6-7-24(29(32)33)22(16-23)17-30-12-9-21(10-13-30)25-18-31(14-8-20-11-15-36-19-20)26-4-3-5-27(35-2)28(25)26/h3-7,11,15-16,18-19,21H,8-10,12-14,17H2,1-2H3,(H,32,33). The molecule has 2 aromatic heterocycles. The van der Waals surface area contributed by atoms with E-state index in [2.05, 4.69) is 50.7 Å². The number of fused-ring (bicyclic) bond motifs is 1. The molecule has 0 bridgehead atoms. The Morgan fingerprint density at radius 2 is 1.94 bits per heavy atom. The molecule has 1 aliphatic heterocycles. The first kappa shape index (κ1) is 24.4. The lowest BCUT2D eigenvalue weighted by Gasteiger charge is -2.32. The molecule has 36 heavy (non-hydrogen) atoms. The van der Waals surface area contributed by atoms with Crippen LogP contribution in [0.2, 0.25) is 0 Å². The van der Waals surface area contributed by atoms with Crippen LogP contribution < -0.4 is 9.47 Å². The molecule has 188 valence electrons. The summed E-state index contributed by atoms with van der Waals surface area (Å²) in [6, 6.07) is 13.7. The maximum Gasteiger partial charge on any atom is 0.336 e. The number of hydrogen-bond acceptors (Lipinski definition) is 5. The number of carboxylic acids is 1. The van der Waals surface area contributed by atoms with E-state index in [1.807, 2.05) is 6.07 Å². The van der Waals surface area contributed by atoms with Crippen LogP contribution in [-0.4, -0.2) is 47.9 Å². The van der Waals surface area contributed by atoms with Gasteiger partial charge in [0.15, 0.2) is 0 Å². The number of ether oxygens (including phenoxy) is 2. The summed E-state index contributed by atoms with van der Waals surface area (Å²) in [4.78, 5) is 14.1. The number of likely N-dealkylation sites (tertiary alicyclic amines) is 1. The Morgan fingerprint density at radius 3 is 2.64 bits per heavy atom. The Morgan fingerprint density at radius 1 is 1.11 bits per heavy atom. The number of nitrogens with zero attached hydrogens (tertiary/aromatic N) is 2. The number of aromatic nitrogens is 1. The highest BCUT2D eigenvalue weighted by molar-refractivity contribution is 7.07. The average Bonchev–Trinajstić information content (AvgIpc) is 3.55. The number of carboxylic acid groups (broad SMARTS) is 1. The Hall–Kier alpha value is -3.29. The van der Waals surface area contributed by atoms with E-state index in [-0.39, 0.29) is 0 Å². The van der Waals surface area contributed by atoms with Crippen LogP contribution >= 0.6 is 11.3 Å². The van der Waals surface area contributed by atoms with Crippen LogP contribution in [0.15, 0.2) is 59.4 Å². The molecular weight excluding hydrogens is 472 g/mol. The molecule has 0 spiro atoms. The molecule has 1 fully saturated rings. The molecule has 1 N–H and O–H groups in total. The summed E-state index contributed by atoms with van der Waals surface area (Å²) in [6.07, 6.45) is 5.39. The number of rotatable bonds is 9. The molecule has 6 nitrogen and oxygen atoms in total. The number of methoxy groups -OCH3 is 2. The van der Waals surface area contributed by atoms with Gasteiger partial charge in [0, 0.05) is 24.7 Å². The summed E-state index contributed by atoms with van der Waals surface area (Å²) >= 11 is 1.74. The number of aromatic carboxylic acids is 1. The highest BCUT2D eigenvalue weighted by Gasteiger charge is 2.26. The summed E-state index contributed by atoms with van der Waals surface area (Å²) in [5, 5.41) is 15.2. The molecule has 7 heteroatoms. The lowest BCUT2D eigenvalue weighted by Crippen LogP contribution is -2.33. The average molecular weight is 505 g/mol. The smallest absolute Gasteiger partial charge is 0.336 e. The number of aryl methyl sites for hydroxylation is 2. The van der Waals surface area contributed by atoms with Gasteiger partial charge in [-0.3, -0.25) is 4.90 Å². The lowest BCUT2D eigenvalue weighted by atomic mass is 9.88. The highest BCUT2D eigenvalue weighted by Crippen LogP contribution is 2.39. The molecule has 0 saturated carbocycles. The monoisotopic (exact) mass is 504 g/mol. The molecule has 5 rings (SSSR count). The van der Waals surface area contributed by atoms with E-state index in [1.165, 1.54) is 22.0 Å². The van der Waals surface area contributed by atoms with Gasteiger partial charge in [0.1, 0.15) is 11.5 Å². The van der Waals surface area contributed by atoms with Gasteiger partial charge in [-0.15, -0.1) is 0 Å². The van der Waals surface area contributed by atoms with E-state index < -0.39 is 5.97 Å². The van der Waals surface area contributed by atoms with Crippen molar-refractivity contribution >= 4 is 28.2 Å². The lowest BCUT2D eigenvalue weighted by molar-refractivity contribution is 0.0694. The largest absolute Gasteiger partial charge is 0.497 e. The van der Waals surface area contributed by atoms with Gasteiger partial charge in [-0.1, -0.05) is 6.07 Å². The molecular formula is C29H32N2O4S. The normalized spacial score (nSPS) is 14.8. The van der Waals surface area contributed by atoms with Crippen molar-refractivity contribution in [3.05, 3.63) is 81.7 Å². The van der Waals surface area contributed by atoms with Crippen LogP contribution in [0.3, 0.4) is 0 Å². The Balaban J connectivity index is 1.35. The molecule has 3 heterocycles. The quantitative estimate of drug-likeness (QED) is 0.301. The van der Waals surface area contributed by atoms with Gasteiger partial charge < -0.3 is 19.1 Å². The molecule has 4 aromatic rings. The number of benzene rings is 2. The number of carbonyl (C=O) groups is 1. The van der Waals surface area contributed by atoms with Crippen LogP contribution in [0.5, 0.6) is 11.5 Å². The second kappa shape index (κ2) is 10.8. The van der Waals surface area contributed by atoms with Crippen LogP contribution in [0.4, 0.5) is 0 Å². The van der Waals surface area contributed by atoms with Crippen LogP contribution in [-0.2, 0) is 19.5 Å². The molecule has 0 aliphatic carbocycles. The van der Waals surface area contributed by atoms with Gasteiger partial charge in [-0.2, -0.15) is 11.3 Å². The van der Waals surface area contributed by atoms with E-state index in [0.29, 0.717) is 23.8 Å². The summed E-state index contributed by atoms with van der Waals surface area (Å²) in [6.45, 7) is 3.37. The van der Waals surface area contributed by atoms with Gasteiger partial charge in [0.05, 0.1) is 25.3 Å². The topological polar surface area (TPSA) is 63.9 Å². The zero-order valence-electron chi connectivity index (χ0n) is 20.8. The molecule has 0 unspecified atom stereocenters. The minimum Gasteiger partial charge on any atom is -0.497 e. The fourth-order valence-electron chi connectivity index (χ4n) is 5.38. The second-order valence-electron chi connectivity index (χ2n) is 9.39. The highest BCUT2D eigenvalue weighted by atomic mass is 32.1. The van der Waals surface area contributed by atoms with Crippen LogP contribution in [0.25, 0.3) is 10.9 Å².